The number of nitrogens with zero attached hydrogens (tertiary/aromatic N) is 6. The summed E-state index contributed by atoms with van der Waals surface area (Å²) in [4.78, 5) is 0. The SMILES string of the molecule is c1ccc(-c2ccc(-n3c4ccccc4c4cc(-n5c6ccccc6c6cc(-n7c8ccccc8c8ccccc87)ccc65)ccc43)cc2)cc1.c1ccc(-c2ccc(-n3c4ccccc4c4ccc(-n5c6ccccc6c6cc(-n7c8ccccc8c8ccccc87)ccc65)cc43)cc2)cc1. The summed E-state index contributed by atoms with van der Waals surface area (Å²) < 4.78 is 14.5. The van der Waals surface area contributed by atoms with E-state index in [0.717, 1.165) is 28.4 Å². The van der Waals surface area contributed by atoms with Crippen molar-refractivity contribution in [3.8, 4) is 56.4 Å². The fraction of sp³-hybridized carbons (Fsp3) is 0. The van der Waals surface area contributed by atoms with Gasteiger partial charge in [-0.25, -0.2) is 0 Å². The molecule has 0 bridgehead atoms. The largest absolute Gasteiger partial charge is 0.309 e. The highest BCUT2D eigenvalue weighted by molar-refractivity contribution is 6.16. The summed E-state index contributed by atoms with van der Waals surface area (Å²) in [7, 11) is 0. The van der Waals surface area contributed by atoms with E-state index >= 15 is 0 Å². The van der Waals surface area contributed by atoms with Gasteiger partial charge in [0, 0.05) is 98.8 Å². The first-order valence-electron chi connectivity index (χ1n) is 35.1. The number of aromatic nitrogens is 6. The van der Waals surface area contributed by atoms with Crippen LogP contribution >= 0.6 is 0 Å². The Labute approximate surface area is 587 Å². The standard InChI is InChI=1S/2C48H31N3/c1-2-12-32(13-3-1)33-22-24-34(25-23-33)49-43-18-8-6-16-39(43)41-28-26-36(31-48(41)49)51-46-21-11-7-17-40(46)42-30-35(27-29-47(42)51)50-44-19-9-4-14-37(44)38-15-5-10-20-45(38)50;1-2-12-32(13-3-1)33-22-24-34(25-23-33)49-45-20-10-6-16-39(45)41-31-36(26-28-47(41)49)51-46-21-11-7-17-40(46)42-30-35(27-29-48(42)51)50-43-18-8-4-14-37(43)38-15-5-9-19-44(38)50/h2*1-31H. The monoisotopic (exact) mass is 1300 g/mol. The molecule has 6 heteroatoms. The van der Waals surface area contributed by atoms with E-state index in [1.54, 1.807) is 0 Å². The number of hydrogen-bond donors (Lipinski definition) is 0. The molecule has 0 saturated heterocycles. The molecule has 0 N–H and O–H groups in total. The van der Waals surface area contributed by atoms with Crippen molar-refractivity contribution in [2.24, 2.45) is 0 Å². The summed E-state index contributed by atoms with van der Waals surface area (Å²) in [6.07, 6.45) is 0. The Balaban J connectivity index is 0.000000133. The molecule has 0 atom stereocenters. The average molecular weight is 1300 g/mol. The number of rotatable bonds is 8. The molecule has 0 unspecified atom stereocenters. The zero-order valence-corrected chi connectivity index (χ0v) is 55.5. The van der Waals surface area contributed by atoms with E-state index in [9.17, 15) is 0 Å². The highest BCUT2D eigenvalue weighted by Gasteiger charge is 2.22. The van der Waals surface area contributed by atoms with E-state index in [0.29, 0.717) is 0 Å². The third-order valence-electron chi connectivity index (χ3n) is 21.3. The highest BCUT2D eigenvalue weighted by Crippen LogP contribution is 2.43. The Morgan fingerprint density at radius 1 is 0.108 bits per heavy atom. The molecule has 0 fully saturated rings. The second-order valence-corrected chi connectivity index (χ2v) is 26.8. The van der Waals surface area contributed by atoms with Crippen molar-refractivity contribution in [2.75, 3.05) is 0 Å². The second kappa shape index (κ2) is 23.0. The van der Waals surface area contributed by atoms with Crippen LogP contribution in [0.2, 0.25) is 0 Å². The van der Waals surface area contributed by atoms with Crippen LogP contribution in [0, 0.1) is 0 Å². The Morgan fingerprint density at radius 2 is 0.294 bits per heavy atom. The van der Waals surface area contributed by atoms with Crippen molar-refractivity contribution >= 4 is 131 Å². The average Bonchev–Trinajstić information content (AvgIpc) is 1.56. The molecule has 6 heterocycles. The van der Waals surface area contributed by atoms with E-state index < -0.39 is 0 Å². The predicted octanol–water partition coefficient (Wildman–Crippen LogP) is 25.3. The van der Waals surface area contributed by atoms with Gasteiger partial charge in [0.15, 0.2) is 0 Å². The molecule has 22 aromatic rings. The lowest BCUT2D eigenvalue weighted by Crippen LogP contribution is -1.97. The molecular weight excluding hydrogens is 1240 g/mol. The van der Waals surface area contributed by atoms with Crippen molar-refractivity contribution in [3.63, 3.8) is 0 Å². The first kappa shape index (κ1) is 57.4. The van der Waals surface area contributed by atoms with Crippen molar-refractivity contribution in [3.05, 3.63) is 376 Å². The summed E-state index contributed by atoms with van der Waals surface area (Å²) in [5, 5.41) is 15.0. The van der Waals surface area contributed by atoms with Crippen LogP contribution in [0.3, 0.4) is 0 Å². The first-order valence-corrected chi connectivity index (χ1v) is 35.1. The zero-order valence-electron chi connectivity index (χ0n) is 55.5. The van der Waals surface area contributed by atoms with Gasteiger partial charge in [0.25, 0.3) is 0 Å². The van der Waals surface area contributed by atoms with Gasteiger partial charge in [-0.05, 0) is 162 Å². The molecule has 0 aliphatic rings. The van der Waals surface area contributed by atoms with Crippen LogP contribution in [0.4, 0.5) is 0 Å². The van der Waals surface area contributed by atoms with Gasteiger partial charge in [-0.1, -0.05) is 237 Å². The first-order chi connectivity index (χ1) is 50.6. The summed E-state index contributed by atoms with van der Waals surface area (Å²) in [6, 6.07) is 137. The molecule has 0 saturated carbocycles. The van der Waals surface area contributed by atoms with Gasteiger partial charge in [0.1, 0.15) is 0 Å². The Kier molecular flexibility index (Phi) is 12.9. The van der Waals surface area contributed by atoms with E-state index in [2.05, 4.69) is 404 Å². The Hall–Kier alpha value is -13.7. The second-order valence-electron chi connectivity index (χ2n) is 26.8. The third-order valence-corrected chi connectivity index (χ3v) is 21.3. The molecule has 476 valence electrons. The third kappa shape index (κ3) is 8.86. The Bertz CT molecular complexity index is 6980. The summed E-state index contributed by atoms with van der Waals surface area (Å²) in [5.74, 6) is 0. The molecule has 0 aliphatic carbocycles. The number of benzene rings is 16. The lowest BCUT2D eigenvalue weighted by Gasteiger charge is -2.12. The topological polar surface area (TPSA) is 29.6 Å². The minimum absolute atomic E-state index is 1.14. The van der Waals surface area contributed by atoms with Crippen molar-refractivity contribution in [1.29, 1.82) is 0 Å². The van der Waals surface area contributed by atoms with E-state index in [4.69, 9.17) is 0 Å². The molecule has 6 nitrogen and oxygen atoms in total. The van der Waals surface area contributed by atoms with Crippen LogP contribution in [-0.2, 0) is 0 Å². The maximum Gasteiger partial charge on any atom is 0.0561 e. The van der Waals surface area contributed by atoms with Crippen molar-refractivity contribution in [1.82, 2.24) is 27.4 Å². The molecule has 6 aromatic heterocycles. The minimum Gasteiger partial charge on any atom is -0.309 e. The molecule has 16 aromatic carbocycles. The van der Waals surface area contributed by atoms with Gasteiger partial charge in [-0.3, -0.25) is 0 Å². The van der Waals surface area contributed by atoms with Crippen LogP contribution in [-0.4, -0.2) is 27.4 Å². The predicted molar refractivity (Wildman–Crippen MR) is 430 cm³/mol. The summed E-state index contributed by atoms with van der Waals surface area (Å²) in [6.45, 7) is 0. The van der Waals surface area contributed by atoms with Crippen LogP contribution < -0.4 is 0 Å². The van der Waals surface area contributed by atoms with Crippen LogP contribution in [0.1, 0.15) is 0 Å². The van der Waals surface area contributed by atoms with Crippen LogP contribution in [0.5, 0.6) is 0 Å². The van der Waals surface area contributed by atoms with Crippen LogP contribution in [0.15, 0.2) is 376 Å². The normalized spacial score (nSPS) is 11.9. The molecular formula is C96H62N6. The summed E-state index contributed by atoms with van der Waals surface area (Å²) >= 11 is 0. The van der Waals surface area contributed by atoms with E-state index in [1.165, 1.54) is 159 Å². The van der Waals surface area contributed by atoms with Gasteiger partial charge in [0.05, 0.1) is 66.2 Å². The minimum atomic E-state index is 1.14. The molecule has 102 heavy (non-hydrogen) atoms. The van der Waals surface area contributed by atoms with Gasteiger partial charge in [-0.2, -0.15) is 0 Å². The van der Waals surface area contributed by atoms with Gasteiger partial charge in [-0.15, -0.1) is 0 Å². The lowest BCUT2D eigenvalue weighted by atomic mass is 10.1. The van der Waals surface area contributed by atoms with Gasteiger partial charge in [0.2, 0.25) is 0 Å². The van der Waals surface area contributed by atoms with Crippen molar-refractivity contribution < 1.29 is 0 Å². The highest BCUT2D eigenvalue weighted by atomic mass is 15.0. The number of para-hydroxylation sites is 8. The van der Waals surface area contributed by atoms with E-state index in [-0.39, 0.29) is 0 Å². The number of fused-ring (bicyclic) bond motifs is 18. The molecule has 0 spiro atoms. The maximum absolute atomic E-state index is 2.43. The van der Waals surface area contributed by atoms with Crippen molar-refractivity contribution in [2.45, 2.75) is 0 Å². The fourth-order valence-electron chi connectivity index (χ4n) is 16.8. The molecule has 0 aliphatic heterocycles. The molecule has 0 amide bonds. The quantitative estimate of drug-likeness (QED) is 0.145. The van der Waals surface area contributed by atoms with Gasteiger partial charge < -0.3 is 27.4 Å². The molecule has 22 rings (SSSR count). The Morgan fingerprint density at radius 3 is 0.588 bits per heavy atom. The van der Waals surface area contributed by atoms with E-state index in [1.807, 2.05) is 0 Å². The fourth-order valence-corrected chi connectivity index (χ4v) is 16.8. The van der Waals surface area contributed by atoms with Crippen LogP contribution in [0.25, 0.3) is 187 Å². The lowest BCUT2D eigenvalue weighted by molar-refractivity contribution is 1.15. The number of hydrogen-bond acceptors (Lipinski definition) is 0. The zero-order chi connectivity index (χ0) is 66.9. The molecule has 0 radical (unpaired) electrons. The van der Waals surface area contributed by atoms with Gasteiger partial charge >= 0.3 is 0 Å². The maximum atomic E-state index is 2.43. The smallest absolute Gasteiger partial charge is 0.0561 e. The summed E-state index contributed by atoms with van der Waals surface area (Å²) in [5.41, 5.74) is 26.3.